The molecule has 0 aromatic heterocycles. The summed E-state index contributed by atoms with van der Waals surface area (Å²) in [5.41, 5.74) is 0. The van der Waals surface area contributed by atoms with Crippen molar-refractivity contribution in [2.75, 3.05) is 46.3 Å². The molecule has 1 saturated heterocycles. The summed E-state index contributed by atoms with van der Waals surface area (Å²) in [5.74, 6) is 0.707. The Morgan fingerprint density at radius 2 is 1.38 bits per heavy atom. The average molecular weight is 370 g/mol. The molecule has 1 aliphatic heterocycles. The van der Waals surface area contributed by atoms with E-state index in [4.69, 9.17) is 0 Å². The summed E-state index contributed by atoms with van der Waals surface area (Å²) < 4.78 is 0. The van der Waals surface area contributed by atoms with Crippen LogP contribution in [0, 0.1) is 5.92 Å². The van der Waals surface area contributed by atoms with Gasteiger partial charge in [-0.2, -0.15) is 0 Å². The normalized spacial score (nSPS) is 19.2. The summed E-state index contributed by atoms with van der Waals surface area (Å²) in [7, 11) is 2.21. The van der Waals surface area contributed by atoms with Gasteiger partial charge in [-0.3, -0.25) is 0 Å². The highest BCUT2D eigenvalue weighted by Gasteiger charge is 2.23. The summed E-state index contributed by atoms with van der Waals surface area (Å²) in [4.78, 5) is 2.41. The second-order valence-corrected chi connectivity index (χ2v) is 8.59. The highest BCUT2D eigenvalue weighted by molar-refractivity contribution is 4.73. The molecule has 0 spiro atoms. The Morgan fingerprint density at radius 3 is 1.96 bits per heavy atom. The fourth-order valence-corrected chi connectivity index (χ4v) is 3.90. The molecular weight excluding hydrogens is 322 g/mol. The van der Waals surface area contributed by atoms with E-state index in [0.29, 0.717) is 5.92 Å². The Balaban J connectivity index is 2.44. The molecule has 156 valence electrons. The van der Waals surface area contributed by atoms with E-state index >= 15 is 0 Å². The van der Waals surface area contributed by atoms with Crippen molar-refractivity contribution in [3.8, 4) is 0 Å². The van der Waals surface area contributed by atoms with E-state index in [0.717, 1.165) is 52.1 Å². The first-order valence-corrected chi connectivity index (χ1v) is 11.4. The summed E-state index contributed by atoms with van der Waals surface area (Å²) in [6, 6.07) is 0. The van der Waals surface area contributed by atoms with Gasteiger partial charge in [-0.25, -0.2) is 10.0 Å². The lowest BCUT2D eigenvalue weighted by molar-refractivity contribution is -0.0840. The SMILES string of the molecule is CCCCCCC(C)CN(CC(O)CCCCCC)N1CCN(C)CC1. The average Bonchev–Trinajstić information content (AvgIpc) is 2.62. The van der Waals surface area contributed by atoms with Gasteiger partial charge in [-0.05, 0) is 25.8 Å². The maximum absolute atomic E-state index is 10.6. The van der Waals surface area contributed by atoms with Crippen molar-refractivity contribution in [1.82, 2.24) is 14.9 Å². The molecular formula is C22H47N3O. The van der Waals surface area contributed by atoms with Crippen molar-refractivity contribution in [3.63, 3.8) is 0 Å². The van der Waals surface area contributed by atoms with E-state index in [-0.39, 0.29) is 6.10 Å². The molecule has 2 atom stereocenters. The Hall–Kier alpha value is -0.160. The van der Waals surface area contributed by atoms with Gasteiger partial charge in [0.05, 0.1) is 6.10 Å². The predicted octanol–water partition coefficient (Wildman–Crippen LogP) is 4.39. The Bertz CT molecular complexity index is 299. The van der Waals surface area contributed by atoms with Crippen molar-refractivity contribution in [3.05, 3.63) is 0 Å². The van der Waals surface area contributed by atoms with Crippen LogP contribution in [-0.2, 0) is 0 Å². The number of aliphatic hydroxyl groups excluding tert-OH is 1. The first-order valence-electron chi connectivity index (χ1n) is 11.4. The number of piperazine rings is 1. The van der Waals surface area contributed by atoms with Gasteiger partial charge < -0.3 is 10.0 Å². The molecule has 1 N–H and O–H groups in total. The molecule has 0 aliphatic carbocycles. The molecule has 1 aliphatic rings. The number of hydrazine groups is 1. The van der Waals surface area contributed by atoms with Crippen LogP contribution < -0.4 is 0 Å². The minimum atomic E-state index is -0.182. The Labute approximate surface area is 163 Å². The third-order valence-corrected chi connectivity index (χ3v) is 5.76. The molecule has 0 saturated carbocycles. The Morgan fingerprint density at radius 1 is 0.808 bits per heavy atom. The maximum Gasteiger partial charge on any atom is 0.0681 e. The first kappa shape index (κ1) is 23.9. The lowest BCUT2D eigenvalue weighted by Crippen LogP contribution is -2.55. The number of rotatable bonds is 15. The van der Waals surface area contributed by atoms with Gasteiger partial charge in [0.15, 0.2) is 0 Å². The van der Waals surface area contributed by atoms with Crippen LogP contribution in [0.5, 0.6) is 0 Å². The van der Waals surface area contributed by atoms with Crippen LogP contribution in [0.15, 0.2) is 0 Å². The third-order valence-electron chi connectivity index (χ3n) is 5.76. The van der Waals surface area contributed by atoms with Crippen molar-refractivity contribution < 1.29 is 5.11 Å². The minimum Gasteiger partial charge on any atom is -0.392 e. The molecule has 4 heteroatoms. The molecule has 0 radical (unpaired) electrons. The third kappa shape index (κ3) is 10.9. The van der Waals surface area contributed by atoms with E-state index in [1.54, 1.807) is 0 Å². The number of aliphatic hydroxyl groups is 1. The molecule has 4 nitrogen and oxygen atoms in total. The van der Waals surface area contributed by atoms with Gasteiger partial charge in [-0.15, -0.1) is 0 Å². The van der Waals surface area contributed by atoms with Crippen LogP contribution in [0.3, 0.4) is 0 Å². The van der Waals surface area contributed by atoms with Crippen LogP contribution in [0.25, 0.3) is 0 Å². The van der Waals surface area contributed by atoms with E-state index < -0.39 is 0 Å². The lowest BCUT2D eigenvalue weighted by atomic mass is 10.0. The first-order chi connectivity index (χ1) is 12.6. The summed E-state index contributed by atoms with van der Waals surface area (Å²) in [5, 5.41) is 15.6. The quantitative estimate of drug-likeness (QED) is 0.434. The van der Waals surface area contributed by atoms with Crippen LogP contribution in [-0.4, -0.2) is 72.4 Å². The maximum atomic E-state index is 10.6. The van der Waals surface area contributed by atoms with Gasteiger partial charge in [0, 0.05) is 39.3 Å². The second-order valence-electron chi connectivity index (χ2n) is 8.59. The smallest absolute Gasteiger partial charge is 0.0681 e. The van der Waals surface area contributed by atoms with Gasteiger partial charge in [0.1, 0.15) is 0 Å². The van der Waals surface area contributed by atoms with E-state index in [1.165, 1.54) is 51.4 Å². The van der Waals surface area contributed by atoms with Crippen LogP contribution in [0.2, 0.25) is 0 Å². The largest absolute Gasteiger partial charge is 0.392 e. The van der Waals surface area contributed by atoms with Gasteiger partial charge in [0.2, 0.25) is 0 Å². The van der Waals surface area contributed by atoms with E-state index in [2.05, 4.69) is 42.7 Å². The molecule has 1 fully saturated rings. The molecule has 26 heavy (non-hydrogen) atoms. The molecule has 0 bridgehead atoms. The fourth-order valence-electron chi connectivity index (χ4n) is 3.90. The molecule has 1 heterocycles. The lowest BCUT2D eigenvalue weighted by Gasteiger charge is -2.42. The molecule has 0 aromatic rings. The van der Waals surface area contributed by atoms with Gasteiger partial charge in [-0.1, -0.05) is 72.1 Å². The molecule has 0 amide bonds. The number of likely N-dealkylation sites (N-methyl/N-ethyl adjacent to an activating group) is 1. The highest BCUT2D eigenvalue weighted by Crippen LogP contribution is 2.16. The van der Waals surface area contributed by atoms with Crippen molar-refractivity contribution in [2.45, 2.75) is 91.1 Å². The highest BCUT2D eigenvalue weighted by atomic mass is 16.3. The zero-order chi connectivity index (χ0) is 19.2. The summed E-state index contributed by atoms with van der Waals surface area (Å²) in [6.45, 7) is 13.3. The number of hydrogen-bond donors (Lipinski definition) is 1. The second kappa shape index (κ2) is 14.8. The molecule has 1 rings (SSSR count). The van der Waals surface area contributed by atoms with Crippen LogP contribution in [0.4, 0.5) is 0 Å². The standard InChI is InChI=1S/C22H47N3O/c1-5-7-9-11-13-21(3)19-25(24-17-15-23(4)16-18-24)20-22(26)14-12-10-8-6-2/h21-22,26H,5-20H2,1-4H3. The van der Waals surface area contributed by atoms with E-state index in [9.17, 15) is 5.11 Å². The van der Waals surface area contributed by atoms with Crippen molar-refractivity contribution in [2.24, 2.45) is 5.92 Å². The number of unbranched alkanes of at least 4 members (excludes halogenated alkanes) is 6. The predicted molar refractivity (Wildman–Crippen MR) is 113 cm³/mol. The fraction of sp³-hybridized carbons (Fsp3) is 1.00. The Kier molecular flexibility index (Phi) is 13.6. The topological polar surface area (TPSA) is 30.0 Å². The minimum absolute atomic E-state index is 0.182. The van der Waals surface area contributed by atoms with Crippen LogP contribution >= 0.6 is 0 Å². The zero-order valence-electron chi connectivity index (χ0n) is 18.3. The summed E-state index contributed by atoms with van der Waals surface area (Å²) >= 11 is 0. The monoisotopic (exact) mass is 369 g/mol. The summed E-state index contributed by atoms with van der Waals surface area (Å²) in [6.07, 6.45) is 12.5. The number of nitrogens with zero attached hydrogens (tertiary/aromatic N) is 3. The van der Waals surface area contributed by atoms with Crippen molar-refractivity contribution >= 4 is 0 Å². The molecule has 0 aromatic carbocycles. The molecule has 2 unspecified atom stereocenters. The number of hydrogen-bond acceptors (Lipinski definition) is 4. The zero-order valence-corrected chi connectivity index (χ0v) is 18.3. The van der Waals surface area contributed by atoms with Crippen molar-refractivity contribution in [1.29, 1.82) is 0 Å². The van der Waals surface area contributed by atoms with E-state index in [1.807, 2.05) is 0 Å². The van der Waals surface area contributed by atoms with Gasteiger partial charge >= 0.3 is 0 Å². The van der Waals surface area contributed by atoms with Gasteiger partial charge in [0.25, 0.3) is 0 Å². The van der Waals surface area contributed by atoms with Crippen LogP contribution in [0.1, 0.15) is 85.0 Å².